The Balaban J connectivity index is 2.11. The maximum absolute atomic E-state index is 11.5. The lowest BCUT2D eigenvalue weighted by molar-refractivity contribution is -0.147. The van der Waals surface area contributed by atoms with Crippen molar-refractivity contribution in [2.75, 3.05) is 6.54 Å². The highest BCUT2D eigenvalue weighted by atomic mass is 32.1. The zero-order valence-electron chi connectivity index (χ0n) is 8.25. The van der Waals surface area contributed by atoms with Gasteiger partial charge in [0.1, 0.15) is 5.92 Å². The Bertz CT molecular complexity index is 440. The number of ketones is 1. The summed E-state index contributed by atoms with van der Waals surface area (Å²) < 4.78 is 0. The van der Waals surface area contributed by atoms with Gasteiger partial charge < -0.3 is 10.0 Å². The predicted octanol–water partition coefficient (Wildman–Crippen LogP) is 0.360. The molecule has 0 bridgehead atoms. The molecule has 1 aliphatic heterocycles. The molecule has 16 heavy (non-hydrogen) atoms. The van der Waals surface area contributed by atoms with Gasteiger partial charge in [0.2, 0.25) is 5.78 Å². The maximum atomic E-state index is 11.5. The van der Waals surface area contributed by atoms with Gasteiger partial charge >= 0.3 is 5.97 Å². The number of aliphatic carboxylic acids is 1. The first kappa shape index (κ1) is 10.8. The third-order valence-electron chi connectivity index (χ3n) is 2.44. The van der Waals surface area contributed by atoms with E-state index in [4.69, 9.17) is 5.11 Å². The minimum absolute atomic E-state index is 0.0229. The highest BCUT2D eigenvalue weighted by Crippen LogP contribution is 2.19. The molecule has 84 valence electrons. The van der Waals surface area contributed by atoms with E-state index in [2.05, 4.69) is 0 Å². The van der Waals surface area contributed by atoms with Crippen LogP contribution in [0.4, 0.5) is 0 Å². The molecule has 2 heterocycles. The van der Waals surface area contributed by atoms with Crippen molar-refractivity contribution in [1.82, 2.24) is 4.90 Å². The summed E-state index contributed by atoms with van der Waals surface area (Å²) in [7, 11) is 0. The highest BCUT2D eigenvalue weighted by Gasteiger charge is 2.43. The molecule has 0 aromatic carbocycles. The Labute approximate surface area is 95.3 Å². The monoisotopic (exact) mass is 239 g/mol. The molecule has 0 radical (unpaired) electrons. The summed E-state index contributed by atoms with van der Waals surface area (Å²) in [5.41, 5.74) is 0. The van der Waals surface area contributed by atoms with Crippen LogP contribution in [0.5, 0.6) is 0 Å². The largest absolute Gasteiger partial charge is 0.481 e. The van der Waals surface area contributed by atoms with E-state index in [1.165, 1.54) is 16.2 Å². The van der Waals surface area contributed by atoms with Crippen molar-refractivity contribution in [2.45, 2.75) is 6.54 Å². The van der Waals surface area contributed by atoms with E-state index in [0.717, 1.165) is 4.88 Å². The molecule has 1 N–H and O–H groups in total. The van der Waals surface area contributed by atoms with Gasteiger partial charge in [0.25, 0.3) is 5.91 Å². The summed E-state index contributed by atoms with van der Waals surface area (Å²) >= 11 is 1.47. The average molecular weight is 239 g/mol. The van der Waals surface area contributed by atoms with Gasteiger partial charge in [-0.3, -0.25) is 14.4 Å². The molecular weight excluding hydrogens is 230 g/mol. The molecule has 0 spiro atoms. The predicted molar refractivity (Wildman–Crippen MR) is 55.9 cm³/mol. The molecule has 1 unspecified atom stereocenters. The van der Waals surface area contributed by atoms with Gasteiger partial charge in [0.05, 0.1) is 6.54 Å². The van der Waals surface area contributed by atoms with Crippen LogP contribution < -0.4 is 0 Å². The van der Waals surface area contributed by atoms with Gasteiger partial charge in [-0.25, -0.2) is 0 Å². The molecule has 0 saturated carbocycles. The standard InChI is InChI=1S/C10H9NO4S/c12-8-7(10(14)15)5-11(9(8)13)4-6-2-1-3-16-6/h1-3,7H,4-5H2,(H,14,15). The van der Waals surface area contributed by atoms with E-state index in [-0.39, 0.29) is 6.54 Å². The van der Waals surface area contributed by atoms with E-state index in [0.29, 0.717) is 6.54 Å². The summed E-state index contributed by atoms with van der Waals surface area (Å²) in [5.74, 6) is -3.94. The molecule has 1 atom stereocenters. The smallest absolute Gasteiger partial charge is 0.316 e. The maximum Gasteiger partial charge on any atom is 0.316 e. The van der Waals surface area contributed by atoms with E-state index in [1.807, 2.05) is 17.5 Å². The lowest BCUT2D eigenvalue weighted by Crippen LogP contribution is -2.26. The number of carbonyl (C=O) groups excluding carboxylic acids is 2. The summed E-state index contributed by atoms with van der Waals surface area (Å²) in [6.45, 7) is 0.289. The molecular formula is C10H9NO4S. The summed E-state index contributed by atoms with van der Waals surface area (Å²) in [4.78, 5) is 35.7. The molecule has 1 aliphatic rings. The zero-order chi connectivity index (χ0) is 11.7. The lowest BCUT2D eigenvalue weighted by atomic mass is 10.1. The van der Waals surface area contributed by atoms with Crippen molar-refractivity contribution in [3.8, 4) is 0 Å². The average Bonchev–Trinajstić information content (AvgIpc) is 2.82. The van der Waals surface area contributed by atoms with Crippen molar-refractivity contribution < 1.29 is 19.5 Å². The third kappa shape index (κ3) is 1.83. The number of hydrogen-bond donors (Lipinski definition) is 1. The Morgan fingerprint density at radius 1 is 1.56 bits per heavy atom. The van der Waals surface area contributed by atoms with Crippen molar-refractivity contribution in [3.63, 3.8) is 0 Å². The number of rotatable bonds is 3. The fraction of sp³-hybridized carbons (Fsp3) is 0.300. The molecule has 6 heteroatoms. The number of amides is 1. The highest BCUT2D eigenvalue weighted by molar-refractivity contribution is 7.09. The topological polar surface area (TPSA) is 74.7 Å². The second-order valence-electron chi connectivity index (χ2n) is 3.52. The Hall–Kier alpha value is -1.69. The van der Waals surface area contributed by atoms with Gasteiger partial charge in [-0.15, -0.1) is 11.3 Å². The number of nitrogens with zero attached hydrogens (tertiary/aromatic N) is 1. The number of carboxylic acid groups (broad SMARTS) is 1. The first-order valence-electron chi connectivity index (χ1n) is 4.68. The molecule has 0 aliphatic carbocycles. The number of thiophene rings is 1. The van der Waals surface area contributed by atoms with Gasteiger partial charge in [-0.05, 0) is 11.4 Å². The van der Waals surface area contributed by atoms with Crippen LogP contribution in [-0.4, -0.2) is 34.2 Å². The van der Waals surface area contributed by atoms with Crippen LogP contribution in [-0.2, 0) is 20.9 Å². The van der Waals surface area contributed by atoms with Crippen LogP contribution in [0.15, 0.2) is 17.5 Å². The van der Waals surface area contributed by atoms with E-state index in [9.17, 15) is 14.4 Å². The van der Waals surface area contributed by atoms with Crippen LogP contribution in [0.1, 0.15) is 4.88 Å². The SMILES string of the molecule is O=C(O)C1CN(Cc2cccs2)C(=O)C1=O. The minimum atomic E-state index is -1.23. The van der Waals surface area contributed by atoms with Gasteiger partial charge in [0, 0.05) is 11.4 Å². The van der Waals surface area contributed by atoms with Gasteiger partial charge in [-0.2, -0.15) is 0 Å². The molecule has 1 amide bonds. The molecule has 2 rings (SSSR count). The molecule has 1 aromatic heterocycles. The lowest BCUT2D eigenvalue weighted by Gasteiger charge is -2.12. The number of carbonyl (C=O) groups is 3. The molecule has 1 fully saturated rings. The molecule has 1 saturated heterocycles. The Morgan fingerprint density at radius 2 is 2.31 bits per heavy atom. The van der Waals surface area contributed by atoms with Crippen molar-refractivity contribution in [1.29, 1.82) is 0 Å². The van der Waals surface area contributed by atoms with Gasteiger partial charge in [0.15, 0.2) is 0 Å². The second-order valence-corrected chi connectivity index (χ2v) is 4.55. The van der Waals surface area contributed by atoms with Crippen molar-refractivity contribution in [3.05, 3.63) is 22.4 Å². The van der Waals surface area contributed by atoms with E-state index >= 15 is 0 Å². The van der Waals surface area contributed by atoms with E-state index in [1.54, 1.807) is 0 Å². The van der Waals surface area contributed by atoms with Crippen LogP contribution in [0.2, 0.25) is 0 Å². The summed E-state index contributed by atoms with van der Waals surface area (Å²) in [6, 6.07) is 3.69. The first-order valence-corrected chi connectivity index (χ1v) is 5.56. The first-order chi connectivity index (χ1) is 7.59. The fourth-order valence-corrected chi connectivity index (χ4v) is 2.33. The zero-order valence-corrected chi connectivity index (χ0v) is 9.07. The number of likely N-dealkylation sites (tertiary alicyclic amines) is 1. The summed E-state index contributed by atoms with van der Waals surface area (Å²) in [6.07, 6.45) is 0. The van der Waals surface area contributed by atoms with E-state index < -0.39 is 23.6 Å². The van der Waals surface area contributed by atoms with Crippen LogP contribution >= 0.6 is 11.3 Å². The van der Waals surface area contributed by atoms with Crippen molar-refractivity contribution >= 4 is 29.0 Å². The van der Waals surface area contributed by atoms with Crippen molar-refractivity contribution in [2.24, 2.45) is 5.92 Å². The third-order valence-corrected chi connectivity index (χ3v) is 3.30. The normalized spacial score (nSPS) is 20.5. The Morgan fingerprint density at radius 3 is 2.81 bits per heavy atom. The Kier molecular flexibility index (Phi) is 2.74. The quantitative estimate of drug-likeness (QED) is 0.610. The number of hydrogen-bond acceptors (Lipinski definition) is 4. The van der Waals surface area contributed by atoms with Gasteiger partial charge in [-0.1, -0.05) is 6.07 Å². The fourth-order valence-electron chi connectivity index (χ4n) is 1.61. The number of carboxylic acids is 1. The van der Waals surface area contributed by atoms with Crippen LogP contribution in [0, 0.1) is 5.92 Å². The summed E-state index contributed by atoms with van der Waals surface area (Å²) in [5, 5.41) is 10.6. The molecule has 5 nitrogen and oxygen atoms in total. The molecule has 1 aromatic rings. The van der Waals surface area contributed by atoms with Crippen LogP contribution in [0.3, 0.4) is 0 Å². The minimum Gasteiger partial charge on any atom is -0.481 e. The second kappa shape index (κ2) is 4.05. The number of Topliss-reactive ketones (excluding diaryl/α,β-unsaturated/α-hetero) is 1. The van der Waals surface area contributed by atoms with Crippen LogP contribution in [0.25, 0.3) is 0 Å².